The van der Waals surface area contributed by atoms with Crippen LogP contribution in [0.25, 0.3) is 11.3 Å². The lowest BCUT2D eigenvalue weighted by Crippen LogP contribution is -2.16. The maximum atomic E-state index is 4.80. The molecule has 1 aliphatic rings. The van der Waals surface area contributed by atoms with E-state index in [-0.39, 0.29) is 0 Å². The molecule has 1 aliphatic heterocycles. The first-order valence-corrected chi connectivity index (χ1v) is 6.36. The van der Waals surface area contributed by atoms with Crippen LogP contribution in [0.4, 0.5) is 0 Å². The van der Waals surface area contributed by atoms with E-state index < -0.39 is 0 Å². The number of aryl methyl sites for hydroxylation is 2. The van der Waals surface area contributed by atoms with E-state index in [2.05, 4.69) is 48.9 Å². The van der Waals surface area contributed by atoms with Gasteiger partial charge in [-0.2, -0.15) is 0 Å². The maximum absolute atomic E-state index is 4.80. The zero-order chi connectivity index (χ0) is 11.8. The third-order valence-corrected chi connectivity index (χ3v) is 3.67. The van der Waals surface area contributed by atoms with Crippen molar-refractivity contribution in [3.8, 4) is 11.3 Å². The van der Waals surface area contributed by atoms with Crippen LogP contribution in [0.1, 0.15) is 24.7 Å². The van der Waals surface area contributed by atoms with Gasteiger partial charge in [0.25, 0.3) is 0 Å². The van der Waals surface area contributed by atoms with E-state index in [1.165, 1.54) is 23.4 Å². The molecule has 0 spiro atoms. The number of benzene rings is 1. The molecule has 88 valence electrons. The molecule has 2 heteroatoms. The molecule has 0 saturated heterocycles. The predicted octanol–water partition coefficient (Wildman–Crippen LogP) is 3.44. The minimum absolute atomic E-state index is 0.773. The first-order chi connectivity index (χ1) is 8.24. The third kappa shape index (κ3) is 1.88. The van der Waals surface area contributed by atoms with Crippen molar-refractivity contribution in [2.75, 3.05) is 0 Å². The Morgan fingerprint density at radius 2 is 2.12 bits per heavy atom. The first-order valence-electron chi connectivity index (χ1n) is 6.36. The quantitative estimate of drug-likeness (QED) is 0.728. The van der Waals surface area contributed by atoms with Gasteiger partial charge >= 0.3 is 0 Å². The van der Waals surface area contributed by atoms with E-state index >= 15 is 0 Å². The molecule has 0 fully saturated rings. The van der Waals surface area contributed by atoms with Crippen LogP contribution in [-0.4, -0.2) is 9.55 Å². The summed E-state index contributed by atoms with van der Waals surface area (Å²) in [6.45, 7) is 5.58. The molecule has 1 atom stereocenters. The molecule has 0 radical (unpaired) electrons. The van der Waals surface area contributed by atoms with Gasteiger partial charge in [0, 0.05) is 24.7 Å². The van der Waals surface area contributed by atoms with Crippen LogP contribution in [0.5, 0.6) is 0 Å². The molecule has 1 aromatic heterocycles. The summed E-state index contributed by atoms with van der Waals surface area (Å²) in [6.07, 6.45) is 4.60. The van der Waals surface area contributed by atoms with E-state index in [9.17, 15) is 0 Å². The van der Waals surface area contributed by atoms with Crippen molar-refractivity contribution in [3.05, 3.63) is 41.9 Å². The van der Waals surface area contributed by atoms with Crippen molar-refractivity contribution in [1.29, 1.82) is 0 Å². The zero-order valence-corrected chi connectivity index (χ0v) is 10.5. The highest BCUT2D eigenvalue weighted by atomic mass is 15.1. The fraction of sp³-hybridized carbons (Fsp3) is 0.400. The van der Waals surface area contributed by atoms with Crippen molar-refractivity contribution < 1.29 is 0 Å². The largest absolute Gasteiger partial charge is 0.334 e. The molecule has 2 nitrogen and oxygen atoms in total. The molecule has 17 heavy (non-hydrogen) atoms. The number of hydrogen-bond donors (Lipinski definition) is 0. The van der Waals surface area contributed by atoms with Gasteiger partial charge < -0.3 is 4.57 Å². The van der Waals surface area contributed by atoms with Gasteiger partial charge in [0.2, 0.25) is 0 Å². The van der Waals surface area contributed by atoms with Gasteiger partial charge in [0.15, 0.2) is 0 Å². The number of rotatable bonds is 1. The van der Waals surface area contributed by atoms with Crippen molar-refractivity contribution in [3.63, 3.8) is 0 Å². The average Bonchev–Trinajstić information content (AvgIpc) is 2.72. The summed E-state index contributed by atoms with van der Waals surface area (Å²) in [5, 5.41) is 0. The topological polar surface area (TPSA) is 17.8 Å². The van der Waals surface area contributed by atoms with Gasteiger partial charge in [-0.3, -0.25) is 0 Å². The van der Waals surface area contributed by atoms with E-state index in [1.807, 2.05) is 0 Å². The second kappa shape index (κ2) is 4.02. The molecule has 2 heterocycles. The van der Waals surface area contributed by atoms with Crippen molar-refractivity contribution >= 4 is 0 Å². The van der Waals surface area contributed by atoms with Crippen LogP contribution < -0.4 is 0 Å². The lowest BCUT2D eigenvalue weighted by Gasteiger charge is -2.18. The Hall–Kier alpha value is -1.57. The summed E-state index contributed by atoms with van der Waals surface area (Å²) in [4.78, 5) is 4.80. The minimum atomic E-state index is 0.773. The van der Waals surface area contributed by atoms with Crippen LogP contribution in [0.3, 0.4) is 0 Å². The second-order valence-electron chi connectivity index (χ2n) is 5.15. The summed E-state index contributed by atoms with van der Waals surface area (Å²) < 4.78 is 2.32. The highest BCUT2D eigenvalue weighted by Crippen LogP contribution is 2.26. The molecule has 0 saturated carbocycles. The Labute approximate surface area is 102 Å². The van der Waals surface area contributed by atoms with Gasteiger partial charge in [-0.25, -0.2) is 4.98 Å². The summed E-state index contributed by atoms with van der Waals surface area (Å²) >= 11 is 0. The molecule has 0 amide bonds. The van der Waals surface area contributed by atoms with Crippen LogP contribution in [0.2, 0.25) is 0 Å². The monoisotopic (exact) mass is 226 g/mol. The van der Waals surface area contributed by atoms with E-state index in [0.717, 1.165) is 24.6 Å². The fourth-order valence-corrected chi connectivity index (χ4v) is 2.57. The van der Waals surface area contributed by atoms with Crippen molar-refractivity contribution in [2.24, 2.45) is 5.92 Å². The van der Waals surface area contributed by atoms with Gasteiger partial charge in [-0.1, -0.05) is 31.2 Å². The number of fused-ring (bicyclic) bond motifs is 1. The smallest absolute Gasteiger partial charge is 0.109 e. The van der Waals surface area contributed by atoms with E-state index in [1.54, 1.807) is 0 Å². The molecule has 3 rings (SSSR count). The fourth-order valence-electron chi connectivity index (χ4n) is 2.57. The molecule has 1 aromatic carbocycles. The lowest BCUT2D eigenvalue weighted by atomic mass is 10.0. The molecular weight excluding hydrogens is 208 g/mol. The van der Waals surface area contributed by atoms with Crippen LogP contribution in [0.15, 0.2) is 30.5 Å². The van der Waals surface area contributed by atoms with Gasteiger partial charge in [-0.15, -0.1) is 0 Å². The van der Waals surface area contributed by atoms with Gasteiger partial charge in [-0.05, 0) is 24.8 Å². The molecule has 2 aromatic rings. The van der Waals surface area contributed by atoms with Gasteiger partial charge in [0.1, 0.15) is 5.82 Å². The van der Waals surface area contributed by atoms with E-state index in [4.69, 9.17) is 4.98 Å². The molecule has 0 N–H and O–H groups in total. The standard InChI is InChI=1S/C15H18N2/c1-11-7-8-17-10-14(16-15(17)9-11)13-6-4-3-5-12(13)2/h3-6,10-11H,7-9H2,1-2H3/t11-/m0/s1. The Morgan fingerprint density at radius 3 is 2.94 bits per heavy atom. The predicted molar refractivity (Wildman–Crippen MR) is 69.9 cm³/mol. The van der Waals surface area contributed by atoms with Crippen LogP contribution >= 0.6 is 0 Å². The highest BCUT2D eigenvalue weighted by molar-refractivity contribution is 5.62. The Morgan fingerprint density at radius 1 is 1.29 bits per heavy atom. The zero-order valence-electron chi connectivity index (χ0n) is 10.5. The molecule has 0 bridgehead atoms. The summed E-state index contributed by atoms with van der Waals surface area (Å²) in [7, 11) is 0. The van der Waals surface area contributed by atoms with Gasteiger partial charge in [0.05, 0.1) is 5.69 Å². The summed E-state index contributed by atoms with van der Waals surface area (Å²) in [6, 6.07) is 8.48. The summed E-state index contributed by atoms with van der Waals surface area (Å²) in [5.74, 6) is 2.02. The van der Waals surface area contributed by atoms with Crippen molar-refractivity contribution in [2.45, 2.75) is 33.2 Å². The van der Waals surface area contributed by atoms with Crippen molar-refractivity contribution in [1.82, 2.24) is 9.55 Å². The molecule has 0 unspecified atom stereocenters. The Kier molecular flexibility index (Phi) is 2.50. The Bertz CT molecular complexity index is 540. The van der Waals surface area contributed by atoms with Crippen LogP contribution in [-0.2, 0) is 13.0 Å². The SMILES string of the molecule is Cc1ccccc1-c1cn2c(n1)C[C@@H](C)CC2. The number of hydrogen-bond acceptors (Lipinski definition) is 1. The molecular formula is C15H18N2. The normalized spacial score (nSPS) is 19.1. The number of aromatic nitrogens is 2. The Balaban J connectivity index is 2.03. The second-order valence-corrected chi connectivity index (χ2v) is 5.15. The maximum Gasteiger partial charge on any atom is 0.109 e. The third-order valence-electron chi connectivity index (χ3n) is 3.67. The summed E-state index contributed by atoms with van der Waals surface area (Å²) in [5.41, 5.74) is 3.70. The van der Waals surface area contributed by atoms with E-state index in [0.29, 0.717) is 0 Å². The lowest BCUT2D eigenvalue weighted by molar-refractivity contribution is 0.409. The van der Waals surface area contributed by atoms with Crippen LogP contribution in [0, 0.1) is 12.8 Å². The molecule has 0 aliphatic carbocycles. The first kappa shape index (κ1) is 10.6. The minimum Gasteiger partial charge on any atom is -0.334 e. The average molecular weight is 226 g/mol. The highest BCUT2D eigenvalue weighted by Gasteiger charge is 2.18. The number of imidazole rings is 1. The number of nitrogens with zero attached hydrogens (tertiary/aromatic N) is 2.